The maximum absolute atomic E-state index is 11.3. The molecule has 3 rings (SSSR count). The Morgan fingerprint density at radius 3 is 2.81 bits per heavy atom. The lowest BCUT2D eigenvalue weighted by atomic mass is 9.91. The van der Waals surface area contributed by atoms with Gasteiger partial charge in [-0.1, -0.05) is 35.5 Å². The monoisotopic (exact) mass is 353 g/mol. The SMILES string of the molecule is C#Cc1onc(C(CCCOCc2ccccc2)CC(=O)O)c1C1CC1. The Bertz CT molecular complexity index is 771. The van der Waals surface area contributed by atoms with E-state index in [1.807, 2.05) is 30.3 Å². The molecule has 1 N–H and O–H groups in total. The zero-order valence-electron chi connectivity index (χ0n) is 14.7. The number of ether oxygens (including phenoxy) is 1. The van der Waals surface area contributed by atoms with Gasteiger partial charge in [0.05, 0.1) is 18.7 Å². The first-order valence-corrected chi connectivity index (χ1v) is 8.98. The molecule has 0 saturated heterocycles. The molecule has 1 heterocycles. The van der Waals surface area contributed by atoms with Crippen LogP contribution in [0.5, 0.6) is 0 Å². The molecular formula is C21H23NO4. The van der Waals surface area contributed by atoms with Gasteiger partial charge in [-0.05, 0) is 43.1 Å². The van der Waals surface area contributed by atoms with Crippen LogP contribution in [0.1, 0.15) is 66.5 Å². The van der Waals surface area contributed by atoms with Crippen molar-refractivity contribution in [3.05, 3.63) is 52.9 Å². The number of hydrogen-bond donors (Lipinski definition) is 1. The second-order valence-electron chi connectivity index (χ2n) is 6.70. The molecule has 1 saturated carbocycles. The molecule has 26 heavy (non-hydrogen) atoms. The van der Waals surface area contributed by atoms with E-state index >= 15 is 0 Å². The van der Waals surface area contributed by atoms with E-state index in [0.717, 1.165) is 36.1 Å². The standard InChI is InChI=1S/C21H23NO4/c1-2-18-20(16-10-11-16)21(22-26-18)17(13-19(23)24)9-6-12-25-14-15-7-4-3-5-8-15/h1,3-5,7-8,16-17H,6,9-14H2,(H,23,24). The minimum Gasteiger partial charge on any atom is -0.481 e. The molecule has 5 nitrogen and oxygen atoms in total. The van der Waals surface area contributed by atoms with Gasteiger partial charge in [-0.15, -0.1) is 6.42 Å². The fourth-order valence-corrected chi connectivity index (χ4v) is 3.22. The predicted molar refractivity (Wildman–Crippen MR) is 96.7 cm³/mol. The highest BCUT2D eigenvalue weighted by Crippen LogP contribution is 2.45. The number of hydrogen-bond acceptors (Lipinski definition) is 4. The molecule has 2 aromatic rings. The first kappa shape index (κ1) is 18.2. The fraction of sp³-hybridized carbons (Fsp3) is 0.429. The first-order chi connectivity index (χ1) is 12.7. The topological polar surface area (TPSA) is 72.6 Å². The van der Waals surface area contributed by atoms with Crippen LogP contribution in [0.2, 0.25) is 0 Å². The maximum atomic E-state index is 11.3. The van der Waals surface area contributed by atoms with Crippen molar-refractivity contribution < 1.29 is 19.2 Å². The van der Waals surface area contributed by atoms with Crippen LogP contribution < -0.4 is 0 Å². The summed E-state index contributed by atoms with van der Waals surface area (Å²) >= 11 is 0. The van der Waals surface area contributed by atoms with Crippen LogP contribution in [0.3, 0.4) is 0 Å². The number of terminal acetylenes is 1. The smallest absolute Gasteiger partial charge is 0.304 e. The van der Waals surface area contributed by atoms with Crippen LogP contribution in [0.4, 0.5) is 0 Å². The van der Waals surface area contributed by atoms with Crippen molar-refractivity contribution in [3.63, 3.8) is 0 Å². The minimum atomic E-state index is -0.841. The average Bonchev–Trinajstić information content (AvgIpc) is 3.39. The highest BCUT2D eigenvalue weighted by atomic mass is 16.5. The first-order valence-electron chi connectivity index (χ1n) is 8.98. The molecule has 1 fully saturated rings. The molecular weight excluding hydrogens is 330 g/mol. The van der Waals surface area contributed by atoms with Gasteiger partial charge in [-0.3, -0.25) is 4.79 Å². The number of carboxylic acid groups (broad SMARTS) is 1. The van der Waals surface area contributed by atoms with E-state index in [0.29, 0.717) is 31.3 Å². The number of carboxylic acids is 1. The van der Waals surface area contributed by atoms with Gasteiger partial charge >= 0.3 is 5.97 Å². The molecule has 1 aromatic carbocycles. The van der Waals surface area contributed by atoms with Crippen molar-refractivity contribution in [2.75, 3.05) is 6.61 Å². The molecule has 0 radical (unpaired) electrons. The number of carbonyl (C=O) groups is 1. The number of rotatable bonds is 10. The summed E-state index contributed by atoms with van der Waals surface area (Å²) in [5, 5.41) is 13.4. The highest BCUT2D eigenvalue weighted by Gasteiger charge is 2.35. The number of benzene rings is 1. The summed E-state index contributed by atoms with van der Waals surface area (Å²) in [6.07, 6.45) is 9.08. The average molecular weight is 353 g/mol. The molecule has 0 amide bonds. The van der Waals surface area contributed by atoms with Crippen molar-refractivity contribution >= 4 is 5.97 Å². The molecule has 0 spiro atoms. The van der Waals surface area contributed by atoms with Crippen LogP contribution >= 0.6 is 0 Å². The van der Waals surface area contributed by atoms with Crippen LogP contribution in [0.15, 0.2) is 34.9 Å². The zero-order chi connectivity index (χ0) is 18.4. The maximum Gasteiger partial charge on any atom is 0.304 e. The van der Waals surface area contributed by atoms with Gasteiger partial charge in [-0.25, -0.2) is 0 Å². The Morgan fingerprint density at radius 2 is 2.15 bits per heavy atom. The minimum absolute atomic E-state index is 0.0228. The summed E-state index contributed by atoms with van der Waals surface area (Å²) < 4.78 is 11.0. The normalized spacial score (nSPS) is 14.7. The summed E-state index contributed by atoms with van der Waals surface area (Å²) in [5.74, 6) is 2.32. The van der Waals surface area contributed by atoms with E-state index in [1.165, 1.54) is 0 Å². The van der Waals surface area contributed by atoms with E-state index in [4.69, 9.17) is 15.7 Å². The van der Waals surface area contributed by atoms with Crippen molar-refractivity contribution in [1.29, 1.82) is 0 Å². The van der Waals surface area contributed by atoms with Crippen molar-refractivity contribution in [2.45, 2.75) is 50.5 Å². The summed E-state index contributed by atoms with van der Waals surface area (Å²) in [5.41, 5.74) is 2.80. The summed E-state index contributed by atoms with van der Waals surface area (Å²) in [4.78, 5) is 11.3. The molecule has 136 valence electrons. The van der Waals surface area contributed by atoms with E-state index in [-0.39, 0.29) is 12.3 Å². The lowest BCUT2D eigenvalue weighted by Crippen LogP contribution is -2.10. The Labute approximate surface area is 153 Å². The number of aromatic nitrogens is 1. The molecule has 1 atom stereocenters. The third-order valence-electron chi connectivity index (χ3n) is 4.63. The quantitative estimate of drug-likeness (QED) is 0.514. The third-order valence-corrected chi connectivity index (χ3v) is 4.63. The van der Waals surface area contributed by atoms with Crippen molar-refractivity contribution in [2.24, 2.45) is 0 Å². The van der Waals surface area contributed by atoms with Crippen molar-refractivity contribution in [1.82, 2.24) is 5.16 Å². The Balaban J connectivity index is 1.58. The second-order valence-corrected chi connectivity index (χ2v) is 6.70. The second kappa shape index (κ2) is 8.68. The van der Waals surface area contributed by atoms with Gasteiger partial charge in [0, 0.05) is 18.1 Å². The summed E-state index contributed by atoms with van der Waals surface area (Å²) in [6.45, 7) is 1.13. The van der Waals surface area contributed by atoms with Gasteiger partial charge in [0.25, 0.3) is 0 Å². The number of nitrogens with zero attached hydrogens (tertiary/aromatic N) is 1. The fourth-order valence-electron chi connectivity index (χ4n) is 3.22. The molecule has 1 aromatic heterocycles. The summed E-state index contributed by atoms with van der Waals surface area (Å²) in [6, 6.07) is 9.97. The van der Waals surface area contributed by atoms with Gasteiger partial charge in [0.2, 0.25) is 5.76 Å². The lowest BCUT2D eigenvalue weighted by molar-refractivity contribution is -0.137. The van der Waals surface area contributed by atoms with Crippen LogP contribution in [0.25, 0.3) is 0 Å². The van der Waals surface area contributed by atoms with Gasteiger partial charge < -0.3 is 14.4 Å². The third kappa shape index (κ3) is 4.74. The molecule has 1 aliphatic carbocycles. The van der Waals surface area contributed by atoms with Crippen molar-refractivity contribution in [3.8, 4) is 12.3 Å². The molecule has 0 bridgehead atoms. The van der Waals surface area contributed by atoms with Crippen LogP contribution in [-0.4, -0.2) is 22.8 Å². The zero-order valence-corrected chi connectivity index (χ0v) is 14.7. The van der Waals surface area contributed by atoms with E-state index < -0.39 is 5.97 Å². The highest BCUT2D eigenvalue weighted by molar-refractivity contribution is 5.68. The van der Waals surface area contributed by atoms with E-state index in [1.54, 1.807) is 0 Å². The molecule has 0 aliphatic heterocycles. The summed E-state index contributed by atoms with van der Waals surface area (Å²) in [7, 11) is 0. The van der Waals surface area contributed by atoms with Gasteiger partial charge in [0.1, 0.15) is 0 Å². The predicted octanol–water partition coefficient (Wildman–Crippen LogP) is 4.09. The molecule has 5 heteroatoms. The van der Waals surface area contributed by atoms with Gasteiger partial charge in [-0.2, -0.15) is 0 Å². The molecule has 1 unspecified atom stereocenters. The van der Waals surface area contributed by atoms with Gasteiger partial charge in [0.15, 0.2) is 0 Å². The Kier molecular flexibility index (Phi) is 6.08. The van der Waals surface area contributed by atoms with E-state index in [9.17, 15) is 9.90 Å². The lowest BCUT2D eigenvalue weighted by Gasteiger charge is -2.14. The molecule has 1 aliphatic rings. The largest absolute Gasteiger partial charge is 0.481 e. The Morgan fingerprint density at radius 1 is 1.38 bits per heavy atom. The number of aliphatic carboxylic acids is 1. The van der Waals surface area contributed by atoms with E-state index in [2.05, 4.69) is 11.1 Å². The van der Waals surface area contributed by atoms with Crippen LogP contribution in [-0.2, 0) is 16.1 Å². The Hall–Kier alpha value is -2.58. The van der Waals surface area contributed by atoms with Crippen LogP contribution in [0, 0.1) is 12.3 Å².